The molecule has 1 fully saturated rings. The Kier molecular flexibility index (Phi) is 3.72. The summed E-state index contributed by atoms with van der Waals surface area (Å²) in [4.78, 5) is 0. The Hall–Kier alpha value is -1.02. The quantitative estimate of drug-likeness (QED) is 0.839. The van der Waals surface area contributed by atoms with Crippen LogP contribution in [-0.4, -0.2) is 17.3 Å². The lowest BCUT2D eigenvalue weighted by Crippen LogP contribution is -2.45. The maximum Gasteiger partial charge on any atom is 0.0661 e. The number of aliphatic hydroxyl groups excluding tert-OH is 1. The van der Waals surface area contributed by atoms with Crippen molar-refractivity contribution in [2.75, 3.05) is 11.9 Å². The highest BCUT2D eigenvalue weighted by molar-refractivity contribution is 5.47. The normalized spacial score (nSPS) is 29.0. The summed E-state index contributed by atoms with van der Waals surface area (Å²) in [7, 11) is 0. The first-order valence-electron chi connectivity index (χ1n) is 6.59. The van der Waals surface area contributed by atoms with Crippen LogP contribution in [0.2, 0.25) is 0 Å². The Bertz CT molecular complexity index is 350. The van der Waals surface area contributed by atoms with Crippen LogP contribution in [0.3, 0.4) is 0 Å². The van der Waals surface area contributed by atoms with E-state index < -0.39 is 0 Å². The van der Waals surface area contributed by atoms with E-state index >= 15 is 0 Å². The van der Waals surface area contributed by atoms with Crippen molar-refractivity contribution >= 4 is 5.69 Å². The van der Waals surface area contributed by atoms with Crippen LogP contribution in [0, 0.1) is 12.8 Å². The molecule has 1 aliphatic rings. The molecule has 0 bridgehead atoms. The number of benzene rings is 1. The van der Waals surface area contributed by atoms with E-state index in [0.717, 1.165) is 24.4 Å². The first-order valence-corrected chi connectivity index (χ1v) is 6.59. The zero-order valence-corrected chi connectivity index (χ0v) is 10.9. The van der Waals surface area contributed by atoms with Crippen LogP contribution in [0.1, 0.15) is 38.2 Å². The van der Waals surface area contributed by atoms with E-state index in [1.165, 1.54) is 18.4 Å². The summed E-state index contributed by atoms with van der Waals surface area (Å²) in [5.74, 6) is 0.800. The predicted molar refractivity (Wildman–Crippen MR) is 72.3 cm³/mol. The largest absolute Gasteiger partial charge is 0.394 e. The highest BCUT2D eigenvalue weighted by atomic mass is 16.3. The van der Waals surface area contributed by atoms with Gasteiger partial charge in [-0.2, -0.15) is 0 Å². The molecule has 0 saturated heterocycles. The minimum atomic E-state index is -0.0955. The summed E-state index contributed by atoms with van der Waals surface area (Å²) in [6.45, 7) is 4.62. The van der Waals surface area contributed by atoms with Gasteiger partial charge in [0.2, 0.25) is 0 Å². The van der Waals surface area contributed by atoms with Gasteiger partial charge in [0.15, 0.2) is 0 Å². The number of anilines is 1. The van der Waals surface area contributed by atoms with Crippen LogP contribution in [0.15, 0.2) is 24.3 Å². The number of aliphatic hydroxyl groups is 1. The van der Waals surface area contributed by atoms with Gasteiger partial charge in [-0.15, -0.1) is 0 Å². The number of hydrogen-bond donors (Lipinski definition) is 2. The summed E-state index contributed by atoms with van der Waals surface area (Å²) in [5, 5.41) is 13.2. The molecule has 17 heavy (non-hydrogen) atoms. The molecule has 0 heterocycles. The Morgan fingerprint density at radius 3 is 2.35 bits per heavy atom. The van der Waals surface area contributed by atoms with Crippen LogP contribution >= 0.6 is 0 Å². The van der Waals surface area contributed by atoms with Gasteiger partial charge in [-0.3, -0.25) is 0 Å². The van der Waals surface area contributed by atoms with Gasteiger partial charge in [0.05, 0.1) is 12.1 Å². The molecule has 1 aromatic carbocycles. The fourth-order valence-corrected chi connectivity index (χ4v) is 2.58. The molecule has 0 spiro atoms. The molecule has 2 heteroatoms. The fourth-order valence-electron chi connectivity index (χ4n) is 2.58. The lowest BCUT2D eigenvalue weighted by Gasteiger charge is -2.39. The Morgan fingerprint density at radius 2 is 1.82 bits per heavy atom. The van der Waals surface area contributed by atoms with Crippen molar-refractivity contribution in [1.29, 1.82) is 0 Å². The molecule has 1 aliphatic carbocycles. The van der Waals surface area contributed by atoms with Crippen molar-refractivity contribution in [3.8, 4) is 0 Å². The standard InChI is InChI=1S/C15H23NO/c1-12-3-5-14(6-4-12)16-15(11-17)9-7-13(2)8-10-15/h3-6,13,16-17H,7-11H2,1-2H3. The monoisotopic (exact) mass is 233 g/mol. The van der Waals surface area contributed by atoms with Gasteiger partial charge in [0, 0.05) is 5.69 Å². The maximum absolute atomic E-state index is 9.68. The molecular weight excluding hydrogens is 210 g/mol. The van der Waals surface area contributed by atoms with E-state index in [1.807, 2.05) is 0 Å². The highest BCUT2D eigenvalue weighted by Crippen LogP contribution is 2.34. The van der Waals surface area contributed by atoms with Crippen molar-refractivity contribution < 1.29 is 5.11 Å². The topological polar surface area (TPSA) is 32.3 Å². The van der Waals surface area contributed by atoms with Crippen molar-refractivity contribution in [3.63, 3.8) is 0 Å². The molecule has 94 valence electrons. The summed E-state index contributed by atoms with van der Waals surface area (Å²) < 4.78 is 0. The zero-order chi connectivity index (χ0) is 12.3. The van der Waals surface area contributed by atoms with Gasteiger partial charge in [-0.25, -0.2) is 0 Å². The average Bonchev–Trinajstić information content (AvgIpc) is 2.35. The number of hydrogen-bond acceptors (Lipinski definition) is 2. The third-order valence-corrected chi connectivity index (χ3v) is 4.00. The van der Waals surface area contributed by atoms with Crippen LogP contribution in [0.25, 0.3) is 0 Å². The minimum Gasteiger partial charge on any atom is -0.394 e. The van der Waals surface area contributed by atoms with Gasteiger partial charge in [0.25, 0.3) is 0 Å². The lowest BCUT2D eigenvalue weighted by molar-refractivity contribution is 0.155. The fraction of sp³-hybridized carbons (Fsp3) is 0.600. The van der Waals surface area contributed by atoms with Crippen molar-refractivity contribution in [1.82, 2.24) is 0 Å². The Balaban J connectivity index is 2.06. The third kappa shape index (κ3) is 3.01. The lowest BCUT2D eigenvalue weighted by atomic mass is 9.77. The molecule has 0 aliphatic heterocycles. The first-order chi connectivity index (χ1) is 8.13. The van der Waals surface area contributed by atoms with Crippen molar-refractivity contribution in [2.45, 2.75) is 45.1 Å². The molecule has 0 amide bonds. The van der Waals surface area contributed by atoms with E-state index in [2.05, 4.69) is 43.4 Å². The molecule has 2 rings (SSSR count). The van der Waals surface area contributed by atoms with Gasteiger partial charge in [-0.05, 0) is 50.7 Å². The zero-order valence-electron chi connectivity index (χ0n) is 10.9. The first kappa shape index (κ1) is 12.4. The van der Waals surface area contributed by atoms with E-state index in [9.17, 15) is 5.11 Å². The molecule has 1 aromatic rings. The second-order valence-corrected chi connectivity index (χ2v) is 5.61. The van der Waals surface area contributed by atoms with E-state index in [-0.39, 0.29) is 12.1 Å². The summed E-state index contributed by atoms with van der Waals surface area (Å²) in [6.07, 6.45) is 4.55. The Morgan fingerprint density at radius 1 is 1.24 bits per heavy atom. The van der Waals surface area contributed by atoms with Gasteiger partial charge >= 0.3 is 0 Å². The van der Waals surface area contributed by atoms with Crippen LogP contribution in [-0.2, 0) is 0 Å². The molecule has 1 saturated carbocycles. The molecule has 2 N–H and O–H groups in total. The molecular formula is C15H23NO. The molecule has 0 aromatic heterocycles. The molecule has 0 atom stereocenters. The molecule has 0 radical (unpaired) electrons. The second-order valence-electron chi connectivity index (χ2n) is 5.61. The summed E-state index contributed by atoms with van der Waals surface area (Å²) in [6, 6.07) is 8.42. The highest BCUT2D eigenvalue weighted by Gasteiger charge is 2.33. The maximum atomic E-state index is 9.68. The minimum absolute atomic E-state index is 0.0955. The second kappa shape index (κ2) is 5.09. The molecule has 2 nitrogen and oxygen atoms in total. The van der Waals surface area contributed by atoms with Crippen molar-refractivity contribution in [2.24, 2.45) is 5.92 Å². The SMILES string of the molecule is Cc1ccc(NC2(CO)CCC(C)CC2)cc1. The smallest absolute Gasteiger partial charge is 0.0661 e. The van der Waals surface area contributed by atoms with Crippen molar-refractivity contribution in [3.05, 3.63) is 29.8 Å². The summed E-state index contributed by atoms with van der Waals surface area (Å²) in [5.41, 5.74) is 2.30. The van der Waals surface area contributed by atoms with Crippen LogP contribution in [0.5, 0.6) is 0 Å². The summed E-state index contributed by atoms with van der Waals surface area (Å²) >= 11 is 0. The van der Waals surface area contributed by atoms with E-state index in [1.54, 1.807) is 0 Å². The van der Waals surface area contributed by atoms with Gasteiger partial charge in [-0.1, -0.05) is 24.6 Å². The predicted octanol–water partition coefficient (Wildman–Crippen LogP) is 3.35. The number of nitrogens with one attached hydrogen (secondary N) is 1. The number of aryl methyl sites for hydroxylation is 1. The van der Waals surface area contributed by atoms with Gasteiger partial charge < -0.3 is 10.4 Å². The molecule has 0 unspecified atom stereocenters. The van der Waals surface area contributed by atoms with Crippen LogP contribution < -0.4 is 5.32 Å². The van der Waals surface area contributed by atoms with E-state index in [0.29, 0.717) is 0 Å². The Labute approximate surface area is 104 Å². The average molecular weight is 233 g/mol. The van der Waals surface area contributed by atoms with Gasteiger partial charge in [0.1, 0.15) is 0 Å². The third-order valence-electron chi connectivity index (χ3n) is 4.00. The van der Waals surface area contributed by atoms with Crippen LogP contribution in [0.4, 0.5) is 5.69 Å². The van der Waals surface area contributed by atoms with E-state index in [4.69, 9.17) is 0 Å². The number of rotatable bonds is 3.